The molecule has 0 aliphatic rings. The van der Waals surface area contributed by atoms with Gasteiger partial charge < -0.3 is 14.8 Å². The molecule has 1 rings (SSSR count). The van der Waals surface area contributed by atoms with Gasteiger partial charge in [0, 0.05) is 17.7 Å². The molecule has 0 amide bonds. The maximum atomic E-state index is 5.34. The van der Waals surface area contributed by atoms with Crippen molar-refractivity contribution >= 4 is 23.0 Å². The minimum Gasteiger partial charge on any atom is -0.497 e. The van der Waals surface area contributed by atoms with Gasteiger partial charge in [-0.2, -0.15) is 5.10 Å². The Kier molecular flexibility index (Phi) is 6.24. The van der Waals surface area contributed by atoms with Crippen molar-refractivity contribution in [2.45, 2.75) is 26.8 Å². The van der Waals surface area contributed by atoms with Crippen LogP contribution in [0, 0.1) is 0 Å². The maximum absolute atomic E-state index is 5.34. The zero-order valence-corrected chi connectivity index (χ0v) is 13.3. The van der Waals surface area contributed by atoms with Crippen molar-refractivity contribution in [1.82, 2.24) is 10.7 Å². The fraction of sp³-hybridized carbons (Fsp3) is 0.429. The molecule has 0 aliphatic heterocycles. The van der Waals surface area contributed by atoms with Crippen LogP contribution in [0.3, 0.4) is 0 Å². The van der Waals surface area contributed by atoms with E-state index in [1.54, 1.807) is 14.2 Å². The monoisotopic (exact) mass is 295 g/mol. The predicted molar refractivity (Wildman–Crippen MR) is 85.8 cm³/mol. The zero-order valence-electron chi connectivity index (χ0n) is 12.5. The molecule has 0 saturated carbocycles. The van der Waals surface area contributed by atoms with Crippen LogP contribution in [0.25, 0.3) is 0 Å². The molecule has 0 atom stereocenters. The van der Waals surface area contributed by atoms with Crippen LogP contribution in [0.5, 0.6) is 11.5 Å². The number of thiocarbonyl (C=S) groups is 1. The molecule has 0 aliphatic carbocycles. The molecule has 0 aromatic heterocycles. The van der Waals surface area contributed by atoms with Gasteiger partial charge in [0.2, 0.25) is 0 Å². The summed E-state index contributed by atoms with van der Waals surface area (Å²) in [6.07, 6.45) is 0. The van der Waals surface area contributed by atoms with Gasteiger partial charge in [0.15, 0.2) is 5.11 Å². The van der Waals surface area contributed by atoms with Gasteiger partial charge in [-0.3, -0.25) is 5.43 Å². The third-order valence-electron chi connectivity index (χ3n) is 2.54. The minimum atomic E-state index is 0.265. The molecular formula is C14H21N3O2S. The minimum absolute atomic E-state index is 0.265. The van der Waals surface area contributed by atoms with Gasteiger partial charge >= 0.3 is 0 Å². The van der Waals surface area contributed by atoms with E-state index in [-0.39, 0.29) is 6.04 Å². The fourth-order valence-electron chi connectivity index (χ4n) is 1.59. The summed E-state index contributed by atoms with van der Waals surface area (Å²) in [4.78, 5) is 0. The van der Waals surface area contributed by atoms with Crippen LogP contribution < -0.4 is 20.2 Å². The molecule has 0 saturated heterocycles. The highest BCUT2D eigenvalue weighted by atomic mass is 32.1. The van der Waals surface area contributed by atoms with E-state index in [4.69, 9.17) is 21.7 Å². The second-order valence-electron chi connectivity index (χ2n) is 4.50. The molecule has 0 fully saturated rings. The van der Waals surface area contributed by atoms with Crippen molar-refractivity contribution in [3.63, 3.8) is 0 Å². The predicted octanol–water partition coefficient (Wildman–Crippen LogP) is 2.30. The summed E-state index contributed by atoms with van der Waals surface area (Å²) in [6.45, 7) is 5.91. The highest BCUT2D eigenvalue weighted by Gasteiger charge is 2.08. The second-order valence-corrected chi connectivity index (χ2v) is 4.91. The van der Waals surface area contributed by atoms with E-state index in [9.17, 15) is 0 Å². The van der Waals surface area contributed by atoms with E-state index in [2.05, 4.69) is 15.8 Å². The number of hydrazone groups is 1. The summed E-state index contributed by atoms with van der Waals surface area (Å²) in [6, 6.07) is 5.85. The number of hydrogen-bond acceptors (Lipinski definition) is 4. The first-order chi connectivity index (χ1) is 9.47. The number of rotatable bonds is 5. The van der Waals surface area contributed by atoms with Gasteiger partial charge in [0.05, 0.1) is 19.9 Å². The molecular weight excluding hydrogens is 274 g/mol. The molecule has 1 aromatic rings. The van der Waals surface area contributed by atoms with Gasteiger partial charge in [-0.05, 0) is 45.1 Å². The quantitative estimate of drug-likeness (QED) is 0.496. The molecule has 2 N–H and O–H groups in total. The van der Waals surface area contributed by atoms with Crippen LogP contribution in [-0.4, -0.2) is 31.1 Å². The Morgan fingerprint density at radius 2 is 1.95 bits per heavy atom. The summed E-state index contributed by atoms with van der Waals surface area (Å²) in [5.41, 5.74) is 4.47. The first-order valence-electron chi connectivity index (χ1n) is 6.31. The van der Waals surface area contributed by atoms with Crippen LogP contribution >= 0.6 is 12.2 Å². The second kappa shape index (κ2) is 7.69. The first kappa shape index (κ1) is 16.2. The molecule has 1 aromatic carbocycles. The average Bonchev–Trinajstić information content (AvgIpc) is 2.43. The van der Waals surface area contributed by atoms with E-state index in [0.717, 1.165) is 17.0 Å². The number of methoxy groups -OCH3 is 2. The Labute approximate surface area is 125 Å². The number of hydrogen-bond donors (Lipinski definition) is 2. The largest absolute Gasteiger partial charge is 0.497 e. The molecule has 5 nitrogen and oxygen atoms in total. The highest BCUT2D eigenvalue weighted by Crippen LogP contribution is 2.24. The van der Waals surface area contributed by atoms with Crippen molar-refractivity contribution in [2.24, 2.45) is 5.10 Å². The molecule has 110 valence electrons. The molecule has 0 spiro atoms. The van der Waals surface area contributed by atoms with Crippen molar-refractivity contribution in [1.29, 1.82) is 0 Å². The Bertz CT molecular complexity index is 501. The van der Waals surface area contributed by atoms with Gasteiger partial charge in [-0.15, -0.1) is 0 Å². The van der Waals surface area contributed by atoms with Crippen molar-refractivity contribution < 1.29 is 9.47 Å². The van der Waals surface area contributed by atoms with Crippen LogP contribution in [0.15, 0.2) is 23.3 Å². The Morgan fingerprint density at radius 1 is 1.25 bits per heavy atom. The van der Waals surface area contributed by atoms with E-state index in [0.29, 0.717) is 10.9 Å². The highest BCUT2D eigenvalue weighted by molar-refractivity contribution is 7.80. The van der Waals surface area contributed by atoms with Gasteiger partial charge in [-0.1, -0.05) is 0 Å². The lowest BCUT2D eigenvalue weighted by atomic mass is 10.1. The van der Waals surface area contributed by atoms with Crippen molar-refractivity contribution in [3.05, 3.63) is 23.8 Å². The lowest BCUT2D eigenvalue weighted by Gasteiger charge is -2.12. The zero-order chi connectivity index (χ0) is 15.1. The first-order valence-corrected chi connectivity index (χ1v) is 6.72. The van der Waals surface area contributed by atoms with E-state index < -0.39 is 0 Å². The molecule has 0 radical (unpaired) electrons. The van der Waals surface area contributed by atoms with Crippen LogP contribution in [0.1, 0.15) is 26.3 Å². The number of nitrogens with one attached hydrogen (secondary N) is 2. The van der Waals surface area contributed by atoms with Gasteiger partial charge in [-0.25, -0.2) is 0 Å². The SMILES string of the molecule is COc1ccc(/C(C)=N\NC(=S)NC(C)C)c(OC)c1. The summed E-state index contributed by atoms with van der Waals surface area (Å²) in [7, 11) is 3.23. The molecule has 0 heterocycles. The average molecular weight is 295 g/mol. The molecule has 0 bridgehead atoms. The summed E-state index contributed by atoms with van der Waals surface area (Å²) < 4.78 is 10.5. The molecule has 6 heteroatoms. The topological polar surface area (TPSA) is 54.9 Å². The fourth-order valence-corrected chi connectivity index (χ4v) is 1.87. The third kappa shape index (κ3) is 4.70. The number of nitrogens with zero attached hydrogens (tertiary/aromatic N) is 1. The Balaban J connectivity index is 2.85. The molecule has 0 unspecified atom stereocenters. The van der Waals surface area contributed by atoms with Crippen molar-refractivity contribution in [3.8, 4) is 11.5 Å². The number of ether oxygens (including phenoxy) is 2. The van der Waals surface area contributed by atoms with Crippen LogP contribution in [0.4, 0.5) is 0 Å². The lowest BCUT2D eigenvalue weighted by molar-refractivity contribution is 0.394. The Morgan fingerprint density at radius 3 is 2.50 bits per heavy atom. The Hall–Kier alpha value is -1.82. The molecule has 20 heavy (non-hydrogen) atoms. The normalized spacial score (nSPS) is 11.2. The van der Waals surface area contributed by atoms with E-state index >= 15 is 0 Å². The number of benzene rings is 1. The van der Waals surface area contributed by atoms with Crippen LogP contribution in [0.2, 0.25) is 0 Å². The standard InChI is InChI=1S/C14H21N3O2S/c1-9(2)15-14(20)17-16-10(3)12-7-6-11(18-4)8-13(12)19-5/h6-9H,1-5H3,(H2,15,17,20)/b16-10-. The van der Waals surface area contributed by atoms with E-state index in [1.165, 1.54) is 0 Å². The third-order valence-corrected chi connectivity index (χ3v) is 2.75. The summed E-state index contributed by atoms with van der Waals surface area (Å²) in [5.74, 6) is 1.44. The van der Waals surface area contributed by atoms with Gasteiger partial charge in [0.1, 0.15) is 11.5 Å². The van der Waals surface area contributed by atoms with Gasteiger partial charge in [0.25, 0.3) is 0 Å². The summed E-state index contributed by atoms with van der Waals surface area (Å²) in [5, 5.41) is 7.80. The van der Waals surface area contributed by atoms with Crippen LogP contribution in [-0.2, 0) is 0 Å². The summed E-state index contributed by atoms with van der Waals surface area (Å²) >= 11 is 5.12. The van der Waals surface area contributed by atoms with Crippen molar-refractivity contribution in [2.75, 3.05) is 14.2 Å². The van der Waals surface area contributed by atoms with E-state index in [1.807, 2.05) is 39.0 Å². The smallest absolute Gasteiger partial charge is 0.187 e. The lowest BCUT2D eigenvalue weighted by Crippen LogP contribution is -2.37. The maximum Gasteiger partial charge on any atom is 0.187 e.